The van der Waals surface area contributed by atoms with Crippen LogP contribution in [0.25, 0.3) is 0 Å². The molecule has 0 aliphatic rings. The van der Waals surface area contributed by atoms with Gasteiger partial charge in [0.15, 0.2) is 0 Å². The summed E-state index contributed by atoms with van der Waals surface area (Å²) in [5.74, 6) is 0. The topological polar surface area (TPSA) is 114 Å². The van der Waals surface area contributed by atoms with Gasteiger partial charge in [0.05, 0.1) is 9.79 Å². The van der Waals surface area contributed by atoms with Gasteiger partial charge >= 0.3 is 53.5 Å². The van der Waals surface area contributed by atoms with E-state index in [1.807, 2.05) is 0 Å². The average Bonchev–Trinajstić information content (AvgIpc) is 2.99. The molecule has 0 aliphatic carbocycles. The summed E-state index contributed by atoms with van der Waals surface area (Å²) in [5.41, 5.74) is 1.33. The summed E-state index contributed by atoms with van der Waals surface area (Å²) in [7, 11) is -8.69. The maximum absolute atomic E-state index is 11.2. The number of hydrogen-bond acceptors (Lipinski definition) is 6. The standard InChI is InChI=1S/2C18H30O3S.I.Na/c2*1-2-3-4-5-6-7-8-9-10-11-14-17-15-12-13-16-18(17)22(19,20)21;;/h2*12-13,15-16H,2-11,14H2,1H3,(H,19,20,21);;/q;;2*+1/p-2. The molecule has 0 bridgehead atoms. The van der Waals surface area contributed by atoms with E-state index in [1.54, 1.807) is 36.4 Å². The Hall–Kier alpha value is -0.01000. The predicted molar refractivity (Wildman–Crippen MR) is 180 cm³/mol. The number of hydrogen-bond donors (Lipinski definition) is 0. The molecule has 258 valence electrons. The van der Waals surface area contributed by atoms with Crippen molar-refractivity contribution in [2.45, 2.75) is 165 Å². The molecule has 46 heavy (non-hydrogen) atoms. The van der Waals surface area contributed by atoms with Gasteiger partial charge in [-0.25, -0.2) is 16.8 Å². The van der Waals surface area contributed by atoms with Crippen molar-refractivity contribution in [2.24, 2.45) is 0 Å². The summed E-state index contributed by atoms with van der Waals surface area (Å²) in [5, 5.41) is 0. The molecule has 0 saturated heterocycles. The van der Waals surface area contributed by atoms with Gasteiger partial charge in [-0.3, -0.25) is 0 Å². The molecule has 0 amide bonds. The minimum atomic E-state index is -4.35. The second-order valence-corrected chi connectivity index (χ2v) is 14.7. The molecule has 0 N–H and O–H groups in total. The second kappa shape index (κ2) is 29.9. The molecule has 0 aliphatic heterocycles. The van der Waals surface area contributed by atoms with E-state index in [1.165, 1.54) is 115 Å². The van der Waals surface area contributed by atoms with Gasteiger partial charge in [0.2, 0.25) is 0 Å². The first-order valence-electron chi connectivity index (χ1n) is 17.2. The molecular formula is C36H58INaO6S2. The molecule has 6 nitrogen and oxygen atoms in total. The first-order valence-corrected chi connectivity index (χ1v) is 20.0. The summed E-state index contributed by atoms with van der Waals surface area (Å²) in [6, 6.07) is 13.1. The number of unbranched alkanes of at least 4 members (excludes halogenated alkanes) is 18. The molecule has 2 aromatic carbocycles. The summed E-state index contributed by atoms with van der Waals surface area (Å²) in [6.07, 6.45) is 26.3. The van der Waals surface area contributed by atoms with Gasteiger partial charge in [-0.05, 0) is 48.9 Å². The SMILES string of the molecule is CCCCCCCCCCCCc1ccccc1S(=O)(=O)[O-].CCCCCCCCCCCCc1ccccc1S(=O)(=O)[O-].[I+].[Na+]. The van der Waals surface area contributed by atoms with Gasteiger partial charge in [0.25, 0.3) is 0 Å². The first kappa shape index (κ1) is 48.1. The van der Waals surface area contributed by atoms with Gasteiger partial charge in [0.1, 0.15) is 20.2 Å². The Kier molecular flexibility index (Phi) is 31.2. The van der Waals surface area contributed by atoms with Crippen molar-refractivity contribution >= 4 is 20.2 Å². The van der Waals surface area contributed by atoms with E-state index in [0.29, 0.717) is 24.0 Å². The van der Waals surface area contributed by atoms with Crippen molar-refractivity contribution < 1.29 is 79.5 Å². The van der Waals surface area contributed by atoms with Gasteiger partial charge in [-0.15, -0.1) is 0 Å². The minimum Gasteiger partial charge on any atom is -0.744 e. The van der Waals surface area contributed by atoms with Crippen molar-refractivity contribution in [2.75, 3.05) is 0 Å². The Morgan fingerprint density at radius 3 is 0.935 bits per heavy atom. The van der Waals surface area contributed by atoms with Crippen molar-refractivity contribution in [3.63, 3.8) is 0 Å². The Labute approximate surface area is 321 Å². The van der Waals surface area contributed by atoms with Crippen LogP contribution in [0.3, 0.4) is 0 Å². The summed E-state index contributed by atoms with van der Waals surface area (Å²) in [6.45, 7) is 4.46. The number of benzene rings is 2. The molecule has 10 heteroatoms. The van der Waals surface area contributed by atoms with Crippen LogP contribution in [-0.4, -0.2) is 25.9 Å². The second-order valence-electron chi connectivity index (χ2n) is 12.0. The maximum atomic E-state index is 11.2. The molecule has 2 aromatic rings. The third kappa shape index (κ3) is 24.2. The van der Waals surface area contributed by atoms with Gasteiger partial charge < -0.3 is 9.11 Å². The normalized spacial score (nSPS) is 11.2. The van der Waals surface area contributed by atoms with Gasteiger partial charge in [-0.1, -0.05) is 166 Å². The van der Waals surface area contributed by atoms with Crippen LogP contribution in [-0.2, 0) is 33.1 Å². The molecule has 0 unspecified atom stereocenters. The maximum Gasteiger partial charge on any atom is 1.00 e. The van der Waals surface area contributed by atoms with E-state index >= 15 is 0 Å². The van der Waals surface area contributed by atoms with Crippen molar-refractivity contribution in [1.82, 2.24) is 0 Å². The van der Waals surface area contributed by atoms with Gasteiger partial charge in [0, 0.05) is 0 Å². The largest absolute Gasteiger partial charge is 1.00 e. The molecule has 2 radical (unpaired) electrons. The molecule has 0 saturated carbocycles. The third-order valence-electron chi connectivity index (χ3n) is 8.08. The summed E-state index contributed by atoms with van der Waals surface area (Å²) >= 11 is 0. The Balaban J connectivity index is 0. The Morgan fingerprint density at radius 1 is 0.435 bits per heavy atom. The smallest absolute Gasteiger partial charge is 0.744 e. The Morgan fingerprint density at radius 2 is 0.674 bits per heavy atom. The summed E-state index contributed by atoms with van der Waals surface area (Å²) in [4.78, 5) is -0.100. The molecule has 0 fully saturated rings. The molecule has 0 aromatic heterocycles. The van der Waals surface area contributed by atoms with E-state index < -0.39 is 20.2 Å². The van der Waals surface area contributed by atoms with Crippen LogP contribution in [0.1, 0.15) is 153 Å². The fourth-order valence-electron chi connectivity index (χ4n) is 5.51. The summed E-state index contributed by atoms with van der Waals surface area (Å²) < 4.78 is 67.1. The number of rotatable bonds is 24. The van der Waals surface area contributed by atoms with E-state index in [4.69, 9.17) is 0 Å². The van der Waals surface area contributed by atoms with Crippen molar-refractivity contribution in [3.05, 3.63) is 59.7 Å². The van der Waals surface area contributed by atoms with Crippen LogP contribution in [0.2, 0.25) is 0 Å². The minimum absolute atomic E-state index is 0. The zero-order valence-corrected chi connectivity index (χ0v) is 34.6. The first-order chi connectivity index (χ1) is 21.1. The molecule has 2 rings (SSSR count). The predicted octanol–water partition coefficient (Wildman–Crippen LogP) is 4.12. The fraction of sp³-hybridized carbons (Fsp3) is 0.667. The van der Waals surface area contributed by atoms with Crippen molar-refractivity contribution in [1.29, 1.82) is 0 Å². The van der Waals surface area contributed by atoms with Crippen LogP contribution >= 0.6 is 0 Å². The molecular weight excluding hydrogens is 742 g/mol. The van der Waals surface area contributed by atoms with Crippen LogP contribution in [0, 0.1) is 0 Å². The third-order valence-corrected chi connectivity index (χ3v) is 9.96. The van der Waals surface area contributed by atoms with Crippen LogP contribution in [0.5, 0.6) is 0 Å². The number of halogens is 1. The van der Waals surface area contributed by atoms with E-state index in [2.05, 4.69) is 13.8 Å². The number of aryl methyl sites for hydroxylation is 2. The quantitative estimate of drug-likeness (QED) is 0.0684. The Bertz CT molecular complexity index is 1130. The fourth-order valence-corrected chi connectivity index (χ4v) is 6.99. The van der Waals surface area contributed by atoms with Crippen LogP contribution in [0.15, 0.2) is 58.3 Å². The average molecular weight is 801 g/mol. The molecule has 0 atom stereocenters. The van der Waals surface area contributed by atoms with Gasteiger partial charge in [-0.2, -0.15) is 0 Å². The van der Waals surface area contributed by atoms with Crippen molar-refractivity contribution in [3.8, 4) is 0 Å². The van der Waals surface area contributed by atoms with E-state index in [0.717, 1.165) is 25.7 Å². The molecule has 0 spiro atoms. The van der Waals surface area contributed by atoms with Crippen LogP contribution < -0.4 is 53.5 Å². The van der Waals surface area contributed by atoms with Crippen LogP contribution in [0.4, 0.5) is 0 Å². The zero-order valence-electron chi connectivity index (χ0n) is 28.8. The van der Waals surface area contributed by atoms with E-state index in [-0.39, 0.29) is 63.3 Å². The van der Waals surface area contributed by atoms with E-state index in [9.17, 15) is 25.9 Å². The zero-order chi connectivity index (χ0) is 32.5. The molecule has 0 heterocycles. The monoisotopic (exact) mass is 800 g/mol.